The van der Waals surface area contributed by atoms with Crippen molar-refractivity contribution in [2.75, 3.05) is 0 Å². The number of ether oxygens (including phenoxy) is 2. The second kappa shape index (κ2) is 4.44. The number of carbonyl (C=O) groups excluding carboxylic acids is 2. The molecule has 2 aliphatic rings. The van der Waals surface area contributed by atoms with E-state index in [0.29, 0.717) is 6.42 Å². The summed E-state index contributed by atoms with van der Waals surface area (Å²) in [7, 11) is 0. The molecule has 1 fully saturated rings. The van der Waals surface area contributed by atoms with Crippen molar-refractivity contribution in [1.29, 1.82) is 0 Å². The average Bonchev–Trinajstić information content (AvgIpc) is 2.37. The molecule has 1 heterocycles. The highest BCUT2D eigenvalue weighted by molar-refractivity contribution is 5.78. The quantitative estimate of drug-likeness (QED) is 0.656. The Morgan fingerprint density at radius 2 is 1.67 bits per heavy atom. The minimum Gasteiger partial charge on any atom is -0.458 e. The van der Waals surface area contributed by atoms with Gasteiger partial charge in [-0.3, -0.25) is 9.59 Å². The molecule has 0 spiro atoms. The van der Waals surface area contributed by atoms with Gasteiger partial charge < -0.3 is 9.47 Å². The molecule has 1 aliphatic carbocycles. The molecule has 0 N–H and O–H groups in total. The van der Waals surface area contributed by atoms with Gasteiger partial charge in [0, 0.05) is 0 Å². The van der Waals surface area contributed by atoms with Crippen LogP contribution < -0.4 is 0 Å². The summed E-state index contributed by atoms with van der Waals surface area (Å²) in [6.45, 7) is 0. The molecule has 4 nitrogen and oxygen atoms in total. The molecule has 0 bridgehead atoms. The van der Waals surface area contributed by atoms with E-state index in [0.717, 1.165) is 12.0 Å². The lowest BCUT2D eigenvalue weighted by Crippen LogP contribution is -2.35. The number of benzene rings is 1. The van der Waals surface area contributed by atoms with Crippen LogP contribution in [0.2, 0.25) is 0 Å². The Balaban J connectivity index is 1.96. The Hall–Kier alpha value is -1.84. The average molecular weight is 246 g/mol. The maximum Gasteiger partial charge on any atom is 0.307 e. The summed E-state index contributed by atoms with van der Waals surface area (Å²) in [6, 6.07) is 7.85. The molecule has 1 aromatic carbocycles. The Bertz CT molecular complexity index is 494. The van der Waals surface area contributed by atoms with E-state index in [9.17, 15) is 9.59 Å². The fourth-order valence-electron chi connectivity index (χ4n) is 2.58. The van der Waals surface area contributed by atoms with Gasteiger partial charge in [-0.1, -0.05) is 24.3 Å². The first-order chi connectivity index (χ1) is 8.74. The van der Waals surface area contributed by atoms with Crippen molar-refractivity contribution in [2.24, 2.45) is 0 Å². The third kappa shape index (κ3) is 1.98. The summed E-state index contributed by atoms with van der Waals surface area (Å²) in [5.41, 5.74) is 2.14. The minimum atomic E-state index is -0.438. The summed E-state index contributed by atoms with van der Waals surface area (Å²) in [5.74, 6) is -0.626. The van der Waals surface area contributed by atoms with Gasteiger partial charge >= 0.3 is 11.9 Å². The number of fused-ring (bicyclic) bond motifs is 3. The summed E-state index contributed by atoms with van der Waals surface area (Å²) in [5, 5.41) is 0. The van der Waals surface area contributed by atoms with E-state index in [1.807, 2.05) is 24.3 Å². The van der Waals surface area contributed by atoms with Crippen LogP contribution in [-0.4, -0.2) is 18.0 Å². The first-order valence-electron chi connectivity index (χ1n) is 6.21. The Morgan fingerprint density at radius 1 is 0.944 bits per heavy atom. The zero-order valence-corrected chi connectivity index (χ0v) is 9.93. The molecule has 0 radical (unpaired) electrons. The predicted molar refractivity (Wildman–Crippen MR) is 62.7 cm³/mol. The number of rotatable bonds is 0. The van der Waals surface area contributed by atoms with Crippen LogP contribution in [0, 0.1) is 0 Å². The van der Waals surface area contributed by atoms with E-state index in [1.54, 1.807) is 0 Å². The van der Waals surface area contributed by atoms with Crippen LogP contribution in [0.4, 0.5) is 0 Å². The monoisotopic (exact) mass is 246 g/mol. The second-order valence-electron chi connectivity index (χ2n) is 4.68. The number of carbonyl (C=O) groups is 2. The molecule has 0 amide bonds. The standard InChI is InChI=1S/C14H14O4/c15-12-7-8-13(16)18-14-10-4-2-1-3-9(10)5-6-11(14)17-12/h1-4,11,14H,5-8H2. The minimum absolute atomic E-state index is 0.101. The van der Waals surface area contributed by atoms with Gasteiger partial charge in [0.05, 0.1) is 12.8 Å². The number of hydrogen-bond donors (Lipinski definition) is 0. The van der Waals surface area contributed by atoms with Crippen LogP contribution in [0.25, 0.3) is 0 Å². The molecule has 1 saturated heterocycles. The van der Waals surface area contributed by atoms with Crippen molar-refractivity contribution in [2.45, 2.75) is 37.9 Å². The molecule has 2 atom stereocenters. The van der Waals surface area contributed by atoms with E-state index in [4.69, 9.17) is 9.47 Å². The topological polar surface area (TPSA) is 52.6 Å². The van der Waals surface area contributed by atoms with E-state index < -0.39 is 6.10 Å². The van der Waals surface area contributed by atoms with E-state index in [2.05, 4.69) is 0 Å². The van der Waals surface area contributed by atoms with Crippen LogP contribution in [0.1, 0.15) is 36.5 Å². The lowest BCUT2D eigenvalue weighted by atomic mass is 9.87. The van der Waals surface area contributed by atoms with E-state index >= 15 is 0 Å². The Morgan fingerprint density at radius 3 is 2.50 bits per heavy atom. The molecule has 4 heteroatoms. The van der Waals surface area contributed by atoms with Crippen molar-refractivity contribution in [3.8, 4) is 0 Å². The van der Waals surface area contributed by atoms with Crippen molar-refractivity contribution < 1.29 is 19.1 Å². The SMILES string of the molecule is O=C1CCC(=O)OC2c3ccccc3CCC2O1. The van der Waals surface area contributed by atoms with Crippen LogP contribution in [0.15, 0.2) is 24.3 Å². The summed E-state index contributed by atoms with van der Waals surface area (Å²) in [4.78, 5) is 23.1. The van der Waals surface area contributed by atoms with Crippen LogP contribution in [-0.2, 0) is 25.5 Å². The van der Waals surface area contributed by atoms with Gasteiger partial charge in [-0.25, -0.2) is 0 Å². The fourth-order valence-corrected chi connectivity index (χ4v) is 2.58. The van der Waals surface area contributed by atoms with Crippen molar-refractivity contribution in [3.63, 3.8) is 0 Å². The van der Waals surface area contributed by atoms with E-state index in [-0.39, 0.29) is 30.9 Å². The van der Waals surface area contributed by atoms with E-state index in [1.165, 1.54) is 5.56 Å². The van der Waals surface area contributed by atoms with Gasteiger partial charge in [-0.2, -0.15) is 0 Å². The second-order valence-corrected chi connectivity index (χ2v) is 4.68. The molecular weight excluding hydrogens is 232 g/mol. The zero-order valence-electron chi connectivity index (χ0n) is 9.93. The molecular formula is C14H14O4. The highest BCUT2D eigenvalue weighted by atomic mass is 16.6. The van der Waals surface area contributed by atoms with Crippen molar-refractivity contribution >= 4 is 11.9 Å². The molecule has 2 unspecified atom stereocenters. The van der Waals surface area contributed by atoms with Gasteiger partial charge in [0.1, 0.15) is 6.10 Å². The molecule has 94 valence electrons. The van der Waals surface area contributed by atoms with Crippen molar-refractivity contribution in [3.05, 3.63) is 35.4 Å². The highest BCUT2D eigenvalue weighted by Gasteiger charge is 2.36. The maximum atomic E-state index is 11.6. The molecule has 0 saturated carbocycles. The smallest absolute Gasteiger partial charge is 0.307 e. The van der Waals surface area contributed by atoms with Gasteiger partial charge in [-0.15, -0.1) is 0 Å². The normalized spacial score (nSPS) is 27.1. The molecule has 1 aliphatic heterocycles. The number of aryl methyl sites for hydroxylation is 1. The summed E-state index contributed by atoms with van der Waals surface area (Å²) < 4.78 is 10.8. The molecule has 18 heavy (non-hydrogen) atoms. The van der Waals surface area contributed by atoms with Gasteiger partial charge in [0.15, 0.2) is 6.10 Å². The first kappa shape index (κ1) is 11.3. The zero-order chi connectivity index (χ0) is 12.5. The number of hydrogen-bond acceptors (Lipinski definition) is 4. The summed E-state index contributed by atoms with van der Waals surface area (Å²) in [6.07, 6.45) is 1.000. The third-order valence-electron chi connectivity index (χ3n) is 3.47. The largest absolute Gasteiger partial charge is 0.458 e. The lowest BCUT2D eigenvalue weighted by molar-refractivity contribution is -0.177. The number of esters is 2. The van der Waals surface area contributed by atoms with Gasteiger partial charge in [0.25, 0.3) is 0 Å². The van der Waals surface area contributed by atoms with Crippen molar-refractivity contribution in [1.82, 2.24) is 0 Å². The Kier molecular flexibility index (Phi) is 2.78. The molecule has 3 rings (SSSR count). The lowest BCUT2D eigenvalue weighted by Gasteiger charge is -2.33. The van der Waals surface area contributed by atoms with Crippen LogP contribution in [0.5, 0.6) is 0 Å². The van der Waals surface area contributed by atoms with Gasteiger partial charge in [-0.05, 0) is 24.0 Å². The fraction of sp³-hybridized carbons (Fsp3) is 0.429. The first-order valence-corrected chi connectivity index (χ1v) is 6.21. The predicted octanol–water partition coefficient (Wildman–Crippen LogP) is 1.92. The summed E-state index contributed by atoms with van der Waals surface area (Å²) >= 11 is 0. The Labute approximate surface area is 105 Å². The van der Waals surface area contributed by atoms with Crippen LogP contribution >= 0.6 is 0 Å². The molecule has 1 aromatic rings. The molecule has 0 aromatic heterocycles. The van der Waals surface area contributed by atoms with Gasteiger partial charge in [0.2, 0.25) is 0 Å². The highest BCUT2D eigenvalue weighted by Crippen LogP contribution is 2.36. The third-order valence-corrected chi connectivity index (χ3v) is 3.47. The maximum absolute atomic E-state index is 11.6. The van der Waals surface area contributed by atoms with Crippen LogP contribution in [0.3, 0.4) is 0 Å².